The first-order valence-electron chi connectivity index (χ1n) is 5.65. The number of primary amides is 1. The molecule has 0 bridgehead atoms. The quantitative estimate of drug-likeness (QED) is 0.826. The van der Waals surface area contributed by atoms with Crippen molar-refractivity contribution in [2.45, 2.75) is 6.42 Å². The van der Waals surface area contributed by atoms with E-state index in [1.807, 2.05) is 12.1 Å². The van der Waals surface area contributed by atoms with Gasteiger partial charge < -0.3 is 11.1 Å². The van der Waals surface area contributed by atoms with E-state index in [2.05, 4.69) is 15.3 Å². The summed E-state index contributed by atoms with van der Waals surface area (Å²) < 4.78 is 0. The average Bonchev–Trinajstić information content (AvgIpc) is 2.40. The fraction of sp³-hybridized carbons (Fsp3) is 0.154. The third-order valence-corrected chi connectivity index (χ3v) is 2.53. The molecule has 0 unspecified atom stereocenters. The minimum Gasteiger partial charge on any atom is -0.369 e. The molecule has 92 valence electrons. The lowest BCUT2D eigenvalue weighted by atomic mass is 10.2. The van der Waals surface area contributed by atoms with E-state index >= 15 is 0 Å². The Morgan fingerprint density at radius 1 is 1.22 bits per heavy atom. The van der Waals surface area contributed by atoms with Crippen molar-refractivity contribution in [3.63, 3.8) is 0 Å². The maximum absolute atomic E-state index is 11.2. The SMILES string of the molecule is NC(=O)c1cccnc1NCCc1ccncc1. The molecule has 2 heterocycles. The van der Waals surface area contributed by atoms with Crippen LogP contribution < -0.4 is 11.1 Å². The van der Waals surface area contributed by atoms with Gasteiger partial charge in [-0.3, -0.25) is 9.78 Å². The molecule has 1 amide bonds. The van der Waals surface area contributed by atoms with Crippen molar-refractivity contribution < 1.29 is 4.79 Å². The van der Waals surface area contributed by atoms with E-state index < -0.39 is 5.91 Å². The average molecular weight is 242 g/mol. The van der Waals surface area contributed by atoms with Gasteiger partial charge in [-0.25, -0.2) is 4.98 Å². The highest BCUT2D eigenvalue weighted by Crippen LogP contribution is 2.10. The molecule has 0 saturated carbocycles. The minimum absolute atomic E-state index is 0.409. The lowest BCUT2D eigenvalue weighted by Gasteiger charge is -2.08. The number of amides is 1. The Morgan fingerprint density at radius 2 is 2.00 bits per heavy atom. The van der Waals surface area contributed by atoms with E-state index in [0.717, 1.165) is 6.42 Å². The molecule has 0 spiro atoms. The normalized spacial score (nSPS) is 10.0. The molecule has 0 aliphatic rings. The van der Waals surface area contributed by atoms with Gasteiger partial charge in [-0.2, -0.15) is 0 Å². The number of carbonyl (C=O) groups excluding carboxylic acids is 1. The Morgan fingerprint density at radius 3 is 2.72 bits per heavy atom. The first-order valence-corrected chi connectivity index (χ1v) is 5.65. The van der Waals surface area contributed by atoms with Gasteiger partial charge >= 0.3 is 0 Å². The maximum Gasteiger partial charge on any atom is 0.252 e. The topological polar surface area (TPSA) is 80.9 Å². The van der Waals surface area contributed by atoms with Crippen LogP contribution in [0.3, 0.4) is 0 Å². The number of hydrogen-bond acceptors (Lipinski definition) is 4. The fourth-order valence-corrected chi connectivity index (χ4v) is 1.62. The largest absolute Gasteiger partial charge is 0.369 e. The molecule has 0 radical (unpaired) electrons. The number of aromatic nitrogens is 2. The smallest absolute Gasteiger partial charge is 0.252 e. The summed E-state index contributed by atoms with van der Waals surface area (Å²) in [5, 5.41) is 3.11. The standard InChI is InChI=1S/C13H14N4O/c14-12(18)11-2-1-6-16-13(11)17-9-5-10-3-7-15-8-4-10/h1-4,6-8H,5,9H2,(H2,14,18)(H,16,17). The molecule has 2 aromatic rings. The minimum atomic E-state index is -0.477. The number of hydrogen-bond donors (Lipinski definition) is 2. The first-order chi connectivity index (χ1) is 8.77. The molecule has 5 nitrogen and oxygen atoms in total. The van der Waals surface area contributed by atoms with Crippen LogP contribution >= 0.6 is 0 Å². The highest BCUT2D eigenvalue weighted by Gasteiger charge is 2.07. The number of anilines is 1. The molecule has 5 heteroatoms. The zero-order chi connectivity index (χ0) is 12.8. The summed E-state index contributed by atoms with van der Waals surface area (Å²) in [6, 6.07) is 7.25. The Hall–Kier alpha value is -2.43. The summed E-state index contributed by atoms with van der Waals surface area (Å²) in [5.74, 6) is 0.0496. The van der Waals surface area contributed by atoms with E-state index in [-0.39, 0.29) is 0 Å². The van der Waals surface area contributed by atoms with E-state index in [0.29, 0.717) is 17.9 Å². The summed E-state index contributed by atoms with van der Waals surface area (Å²) in [4.78, 5) is 19.3. The van der Waals surface area contributed by atoms with Gasteiger partial charge in [0, 0.05) is 25.1 Å². The van der Waals surface area contributed by atoms with Crippen molar-refractivity contribution in [3.05, 3.63) is 54.0 Å². The van der Waals surface area contributed by atoms with Gasteiger partial charge in [-0.05, 0) is 36.2 Å². The summed E-state index contributed by atoms with van der Waals surface area (Å²) in [6.45, 7) is 0.682. The van der Waals surface area contributed by atoms with Crippen LogP contribution in [0.1, 0.15) is 15.9 Å². The third kappa shape index (κ3) is 3.04. The number of rotatable bonds is 5. The summed E-state index contributed by atoms with van der Waals surface area (Å²) >= 11 is 0. The zero-order valence-corrected chi connectivity index (χ0v) is 9.84. The van der Waals surface area contributed by atoms with Crippen LogP contribution in [-0.2, 0) is 6.42 Å². The van der Waals surface area contributed by atoms with Gasteiger partial charge in [0.2, 0.25) is 0 Å². The van der Waals surface area contributed by atoms with Crippen molar-refractivity contribution in [2.75, 3.05) is 11.9 Å². The number of nitrogens with two attached hydrogens (primary N) is 1. The lowest BCUT2D eigenvalue weighted by molar-refractivity contribution is 0.100. The molecule has 0 fully saturated rings. The maximum atomic E-state index is 11.2. The van der Waals surface area contributed by atoms with Gasteiger partial charge in [0.1, 0.15) is 5.82 Å². The van der Waals surface area contributed by atoms with Gasteiger partial charge in [0.05, 0.1) is 5.56 Å². The summed E-state index contributed by atoms with van der Waals surface area (Å²) in [6.07, 6.45) is 5.97. The van der Waals surface area contributed by atoms with E-state index in [4.69, 9.17) is 5.73 Å². The van der Waals surface area contributed by atoms with Crippen LogP contribution in [0, 0.1) is 0 Å². The highest BCUT2D eigenvalue weighted by molar-refractivity contribution is 5.97. The molecule has 2 aromatic heterocycles. The second-order valence-electron chi connectivity index (χ2n) is 3.80. The van der Waals surface area contributed by atoms with Crippen molar-refractivity contribution in [1.82, 2.24) is 9.97 Å². The Kier molecular flexibility index (Phi) is 3.86. The molecule has 0 saturated heterocycles. The molecule has 0 atom stereocenters. The second-order valence-corrected chi connectivity index (χ2v) is 3.80. The monoisotopic (exact) mass is 242 g/mol. The van der Waals surface area contributed by atoms with Crippen molar-refractivity contribution >= 4 is 11.7 Å². The van der Waals surface area contributed by atoms with Crippen LogP contribution in [0.15, 0.2) is 42.9 Å². The Balaban J connectivity index is 1.97. The van der Waals surface area contributed by atoms with E-state index in [1.165, 1.54) is 5.56 Å². The molecular weight excluding hydrogens is 228 g/mol. The van der Waals surface area contributed by atoms with Gasteiger partial charge in [0.15, 0.2) is 0 Å². The molecule has 2 rings (SSSR count). The second kappa shape index (κ2) is 5.77. The van der Waals surface area contributed by atoms with E-state index in [9.17, 15) is 4.79 Å². The van der Waals surface area contributed by atoms with Crippen LogP contribution in [0.2, 0.25) is 0 Å². The number of carbonyl (C=O) groups is 1. The number of nitrogens with one attached hydrogen (secondary N) is 1. The Labute approximate surface area is 105 Å². The number of pyridine rings is 2. The third-order valence-electron chi connectivity index (χ3n) is 2.53. The van der Waals surface area contributed by atoms with Crippen LogP contribution in [0.5, 0.6) is 0 Å². The zero-order valence-electron chi connectivity index (χ0n) is 9.84. The predicted octanol–water partition coefficient (Wildman–Crippen LogP) is 1.23. The lowest BCUT2D eigenvalue weighted by Crippen LogP contribution is -2.16. The first kappa shape index (κ1) is 12.0. The molecule has 0 aliphatic carbocycles. The van der Waals surface area contributed by atoms with Crippen LogP contribution in [-0.4, -0.2) is 22.4 Å². The summed E-state index contributed by atoms with van der Waals surface area (Å²) in [5.41, 5.74) is 6.85. The highest BCUT2D eigenvalue weighted by atomic mass is 16.1. The van der Waals surface area contributed by atoms with Gasteiger partial charge in [-0.15, -0.1) is 0 Å². The van der Waals surface area contributed by atoms with Crippen molar-refractivity contribution in [2.24, 2.45) is 5.73 Å². The van der Waals surface area contributed by atoms with Gasteiger partial charge in [0.25, 0.3) is 5.91 Å². The molecule has 0 aromatic carbocycles. The van der Waals surface area contributed by atoms with Crippen molar-refractivity contribution in [1.29, 1.82) is 0 Å². The molecule has 18 heavy (non-hydrogen) atoms. The van der Waals surface area contributed by atoms with Crippen LogP contribution in [0.4, 0.5) is 5.82 Å². The predicted molar refractivity (Wildman–Crippen MR) is 69.2 cm³/mol. The van der Waals surface area contributed by atoms with E-state index in [1.54, 1.807) is 30.7 Å². The van der Waals surface area contributed by atoms with Crippen molar-refractivity contribution in [3.8, 4) is 0 Å². The van der Waals surface area contributed by atoms with Gasteiger partial charge in [-0.1, -0.05) is 0 Å². The molecular formula is C13H14N4O. The molecule has 0 aliphatic heterocycles. The Bertz CT molecular complexity index is 528. The summed E-state index contributed by atoms with van der Waals surface area (Å²) in [7, 11) is 0. The number of nitrogens with zero attached hydrogens (tertiary/aromatic N) is 2. The fourth-order valence-electron chi connectivity index (χ4n) is 1.62. The van der Waals surface area contributed by atoms with Crippen LogP contribution in [0.25, 0.3) is 0 Å². The molecule has 3 N–H and O–H groups in total.